The molecule has 0 saturated carbocycles. The lowest BCUT2D eigenvalue weighted by molar-refractivity contribution is -0.123. The molecule has 1 aliphatic rings. The van der Waals surface area contributed by atoms with Crippen LogP contribution >= 0.6 is 0 Å². The number of piperidine rings is 1. The number of rotatable bonds is 5. The van der Waals surface area contributed by atoms with Crippen LogP contribution in [0.25, 0.3) is 0 Å². The number of amides is 1. The first-order chi connectivity index (χ1) is 14.2. The second-order valence-electron chi connectivity index (χ2n) is 7.32. The van der Waals surface area contributed by atoms with Gasteiger partial charge in [0.05, 0.1) is 16.5 Å². The lowest BCUT2D eigenvalue weighted by Crippen LogP contribution is -2.43. The third-order valence-corrected chi connectivity index (χ3v) is 7.31. The Morgan fingerprint density at radius 3 is 2.30 bits per heavy atom. The number of carbonyl (C=O) groups excluding carboxylic acids is 2. The van der Waals surface area contributed by atoms with E-state index in [1.54, 1.807) is 31.3 Å². The van der Waals surface area contributed by atoms with Gasteiger partial charge in [-0.25, -0.2) is 8.42 Å². The van der Waals surface area contributed by atoms with Crippen LogP contribution in [0, 0.1) is 17.2 Å². The molecule has 0 aliphatic carbocycles. The number of sulfonamides is 1. The Morgan fingerprint density at radius 2 is 1.73 bits per heavy atom. The summed E-state index contributed by atoms with van der Waals surface area (Å²) >= 11 is 0. The van der Waals surface area contributed by atoms with Crippen LogP contribution in [0.3, 0.4) is 0 Å². The molecule has 0 aromatic heterocycles. The summed E-state index contributed by atoms with van der Waals surface area (Å²) in [5.41, 5.74) is 1.57. The van der Waals surface area contributed by atoms with Crippen LogP contribution in [-0.2, 0) is 14.8 Å². The summed E-state index contributed by atoms with van der Waals surface area (Å²) in [6.45, 7) is 1.93. The fourth-order valence-corrected chi connectivity index (χ4v) is 5.01. The van der Waals surface area contributed by atoms with Gasteiger partial charge in [-0.05, 0) is 50.1 Å². The van der Waals surface area contributed by atoms with Crippen molar-refractivity contribution in [2.75, 3.05) is 25.0 Å². The van der Waals surface area contributed by atoms with E-state index in [2.05, 4.69) is 6.07 Å². The number of ketones is 1. The SMILES string of the molecule is CC(=O)c1ccc(S(=O)(=O)N2CCC(C(=O)N(C)c3cccc(C#N)c3)CC2)cc1. The monoisotopic (exact) mass is 425 g/mol. The number of anilines is 1. The molecule has 0 bridgehead atoms. The number of nitriles is 1. The molecule has 1 heterocycles. The van der Waals surface area contributed by atoms with E-state index < -0.39 is 10.0 Å². The molecule has 30 heavy (non-hydrogen) atoms. The average Bonchev–Trinajstić information content (AvgIpc) is 2.78. The summed E-state index contributed by atoms with van der Waals surface area (Å²) in [6.07, 6.45) is 0.845. The topological polar surface area (TPSA) is 98.6 Å². The van der Waals surface area contributed by atoms with Gasteiger partial charge in [0.2, 0.25) is 15.9 Å². The summed E-state index contributed by atoms with van der Waals surface area (Å²) in [4.78, 5) is 25.9. The van der Waals surface area contributed by atoms with Crippen molar-refractivity contribution in [1.82, 2.24) is 4.31 Å². The molecule has 156 valence electrons. The Hall–Kier alpha value is -3.02. The second-order valence-corrected chi connectivity index (χ2v) is 9.26. The number of benzene rings is 2. The third kappa shape index (κ3) is 4.42. The van der Waals surface area contributed by atoms with E-state index in [9.17, 15) is 18.0 Å². The van der Waals surface area contributed by atoms with Gasteiger partial charge in [0.15, 0.2) is 5.78 Å². The zero-order valence-electron chi connectivity index (χ0n) is 16.9. The molecule has 0 N–H and O–H groups in total. The quantitative estimate of drug-likeness (QED) is 0.686. The van der Waals surface area contributed by atoms with Crippen LogP contribution in [0.1, 0.15) is 35.7 Å². The van der Waals surface area contributed by atoms with Crippen molar-refractivity contribution in [2.24, 2.45) is 5.92 Å². The number of hydrogen-bond donors (Lipinski definition) is 0. The van der Waals surface area contributed by atoms with Crippen LogP contribution < -0.4 is 4.90 Å². The van der Waals surface area contributed by atoms with Crippen LogP contribution in [0.15, 0.2) is 53.4 Å². The van der Waals surface area contributed by atoms with Crippen molar-refractivity contribution in [2.45, 2.75) is 24.7 Å². The first-order valence-electron chi connectivity index (χ1n) is 9.63. The molecule has 1 saturated heterocycles. The van der Waals surface area contributed by atoms with Gasteiger partial charge in [-0.15, -0.1) is 0 Å². The molecule has 2 aromatic rings. The summed E-state index contributed by atoms with van der Waals surface area (Å²) in [5.74, 6) is -0.497. The van der Waals surface area contributed by atoms with E-state index in [0.29, 0.717) is 29.7 Å². The van der Waals surface area contributed by atoms with Crippen molar-refractivity contribution in [3.63, 3.8) is 0 Å². The normalized spacial score (nSPS) is 15.4. The molecular weight excluding hydrogens is 402 g/mol. The minimum atomic E-state index is -3.67. The molecule has 0 spiro atoms. The van der Waals surface area contributed by atoms with Crippen molar-refractivity contribution in [3.8, 4) is 6.07 Å². The highest BCUT2D eigenvalue weighted by atomic mass is 32.2. The summed E-state index contributed by atoms with van der Waals surface area (Å²) in [6, 6.07) is 14.8. The van der Waals surface area contributed by atoms with Gasteiger partial charge < -0.3 is 4.90 Å². The van der Waals surface area contributed by atoms with Gasteiger partial charge >= 0.3 is 0 Å². The Labute approximate surface area is 176 Å². The highest BCUT2D eigenvalue weighted by Gasteiger charge is 2.33. The van der Waals surface area contributed by atoms with E-state index in [-0.39, 0.29) is 35.6 Å². The van der Waals surface area contributed by atoms with Crippen LogP contribution in [0.5, 0.6) is 0 Å². The predicted molar refractivity (Wildman–Crippen MR) is 112 cm³/mol. The Bertz CT molecular complexity index is 1100. The summed E-state index contributed by atoms with van der Waals surface area (Å²) in [7, 11) is -2.01. The second kappa shape index (κ2) is 8.78. The maximum Gasteiger partial charge on any atom is 0.243 e. The van der Waals surface area contributed by atoms with Crippen LogP contribution in [-0.4, -0.2) is 44.6 Å². The lowest BCUT2D eigenvalue weighted by Gasteiger charge is -2.32. The molecule has 8 heteroatoms. The predicted octanol–water partition coefficient (Wildman–Crippen LogP) is 2.82. The van der Waals surface area contributed by atoms with E-state index in [1.165, 1.54) is 40.4 Å². The Balaban J connectivity index is 1.66. The molecule has 0 radical (unpaired) electrons. The van der Waals surface area contributed by atoms with Gasteiger partial charge in [0, 0.05) is 37.3 Å². The molecule has 3 rings (SSSR count). The van der Waals surface area contributed by atoms with Crippen molar-refractivity contribution in [3.05, 3.63) is 59.7 Å². The van der Waals surface area contributed by atoms with E-state index in [1.807, 2.05) is 0 Å². The van der Waals surface area contributed by atoms with Crippen molar-refractivity contribution < 1.29 is 18.0 Å². The fraction of sp³-hybridized carbons (Fsp3) is 0.318. The smallest absolute Gasteiger partial charge is 0.243 e. The standard InChI is InChI=1S/C22H23N3O4S/c1-16(26)18-6-8-21(9-7-18)30(28,29)25-12-10-19(11-13-25)22(27)24(2)20-5-3-4-17(14-20)15-23/h3-9,14,19H,10-13H2,1-2H3. The molecule has 7 nitrogen and oxygen atoms in total. The zero-order valence-corrected chi connectivity index (χ0v) is 17.7. The van der Waals surface area contributed by atoms with Crippen LogP contribution in [0.4, 0.5) is 5.69 Å². The van der Waals surface area contributed by atoms with E-state index in [0.717, 1.165) is 0 Å². The minimum Gasteiger partial charge on any atom is -0.315 e. The maximum absolute atomic E-state index is 12.9. The van der Waals surface area contributed by atoms with E-state index >= 15 is 0 Å². The molecule has 1 amide bonds. The lowest BCUT2D eigenvalue weighted by atomic mass is 9.96. The highest BCUT2D eigenvalue weighted by molar-refractivity contribution is 7.89. The highest BCUT2D eigenvalue weighted by Crippen LogP contribution is 2.27. The molecular formula is C22H23N3O4S. The van der Waals surface area contributed by atoms with Gasteiger partial charge in [0.25, 0.3) is 0 Å². The zero-order chi connectivity index (χ0) is 21.9. The largest absolute Gasteiger partial charge is 0.315 e. The van der Waals surface area contributed by atoms with E-state index in [4.69, 9.17) is 5.26 Å². The van der Waals surface area contributed by atoms with Crippen molar-refractivity contribution in [1.29, 1.82) is 5.26 Å². The molecule has 0 unspecified atom stereocenters. The molecule has 0 atom stereocenters. The van der Waals surface area contributed by atoms with Gasteiger partial charge in [-0.1, -0.05) is 18.2 Å². The molecule has 1 aliphatic heterocycles. The first-order valence-corrected chi connectivity index (χ1v) is 11.1. The minimum absolute atomic E-state index is 0.0899. The van der Waals surface area contributed by atoms with Crippen molar-refractivity contribution >= 4 is 27.4 Å². The number of hydrogen-bond acceptors (Lipinski definition) is 5. The Morgan fingerprint density at radius 1 is 1.10 bits per heavy atom. The van der Waals surface area contributed by atoms with Gasteiger partial charge in [0.1, 0.15) is 0 Å². The van der Waals surface area contributed by atoms with Crippen LogP contribution in [0.2, 0.25) is 0 Å². The fourth-order valence-electron chi connectivity index (χ4n) is 3.54. The molecule has 1 fully saturated rings. The summed E-state index contributed by atoms with van der Waals surface area (Å²) < 4.78 is 27.2. The Kier molecular flexibility index (Phi) is 6.34. The first kappa shape index (κ1) is 21.7. The number of carbonyl (C=O) groups is 2. The third-order valence-electron chi connectivity index (χ3n) is 5.39. The van der Waals surface area contributed by atoms with Gasteiger partial charge in [-0.3, -0.25) is 9.59 Å². The summed E-state index contributed by atoms with van der Waals surface area (Å²) in [5, 5.41) is 9.04. The average molecular weight is 426 g/mol. The maximum atomic E-state index is 12.9. The number of Topliss-reactive ketones (excluding diaryl/α,β-unsaturated/α-hetero) is 1. The number of nitrogens with zero attached hydrogens (tertiary/aromatic N) is 3. The molecule has 2 aromatic carbocycles. The van der Waals surface area contributed by atoms with Gasteiger partial charge in [-0.2, -0.15) is 9.57 Å².